The van der Waals surface area contributed by atoms with Crippen LogP contribution in [-0.2, 0) is 4.79 Å². The van der Waals surface area contributed by atoms with Gasteiger partial charge in [-0.05, 0) is 37.4 Å². The Balaban J connectivity index is 2.15. The van der Waals surface area contributed by atoms with Crippen molar-refractivity contribution in [3.05, 3.63) is 58.6 Å². The number of anilines is 1. The van der Waals surface area contributed by atoms with Crippen LogP contribution < -0.4 is 5.32 Å². The van der Waals surface area contributed by atoms with Crippen molar-refractivity contribution in [2.24, 2.45) is 0 Å². The van der Waals surface area contributed by atoms with E-state index in [1.807, 2.05) is 37.2 Å². The normalized spacial score (nSPS) is 10.6. The summed E-state index contributed by atoms with van der Waals surface area (Å²) in [5.74, 6) is -0.0603. The Labute approximate surface area is 134 Å². The number of hydrogen-bond acceptors (Lipinski definition) is 4. The molecule has 0 fully saturated rings. The lowest BCUT2D eigenvalue weighted by Crippen LogP contribution is -2.20. The molecule has 0 aromatic heterocycles. The van der Waals surface area contributed by atoms with E-state index in [9.17, 15) is 14.9 Å². The highest BCUT2D eigenvalue weighted by Crippen LogP contribution is 2.26. The number of nitrogens with zero attached hydrogens (tertiary/aromatic N) is 2. The van der Waals surface area contributed by atoms with Gasteiger partial charge in [0.15, 0.2) is 0 Å². The number of carbonyl (C=O) groups excluding carboxylic acids is 1. The van der Waals surface area contributed by atoms with Crippen molar-refractivity contribution in [3.8, 4) is 11.1 Å². The van der Waals surface area contributed by atoms with Gasteiger partial charge in [0.25, 0.3) is 5.69 Å². The summed E-state index contributed by atoms with van der Waals surface area (Å²) in [7, 11) is 3.83. The van der Waals surface area contributed by atoms with Crippen molar-refractivity contribution in [3.63, 3.8) is 0 Å². The molecular weight excluding hydrogens is 294 g/mol. The molecule has 0 bridgehead atoms. The van der Waals surface area contributed by atoms with Crippen LogP contribution >= 0.6 is 0 Å². The highest BCUT2D eigenvalue weighted by molar-refractivity contribution is 5.91. The molecule has 1 amide bonds. The second-order valence-electron chi connectivity index (χ2n) is 5.49. The first kappa shape index (κ1) is 16.6. The van der Waals surface area contributed by atoms with E-state index in [-0.39, 0.29) is 11.6 Å². The molecule has 2 rings (SSSR count). The zero-order valence-electron chi connectivity index (χ0n) is 13.2. The number of hydrogen-bond donors (Lipinski definition) is 1. The van der Waals surface area contributed by atoms with Crippen LogP contribution in [0.1, 0.15) is 6.42 Å². The fourth-order valence-electron chi connectivity index (χ4n) is 2.12. The molecule has 0 atom stereocenters. The van der Waals surface area contributed by atoms with Crippen LogP contribution in [0.3, 0.4) is 0 Å². The molecule has 0 heterocycles. The Morgan fingerprint density at radius 2 is 1.78 bits per heavy atom. The quantitative estimate of drug-likeness (QED) is 0.656. The maximum absolute atomic E-state index is 11.9. The molecule has 0 aliphatic carbocycles. The summed E-state index contributed by atoms with van der Waals surface area (Å²) in [6.07, 6.45) is 0.411. The smallest absolute Gasteiger partial charge is 0.270 e. The molecule has 6 heteroatoms. The van der Waals surface area contributed by atoms with Gasteiger partial charge in [0.05, 0.1) is 4.92 Å². The number of amides is 1. The minimum atomic E-state index is -0.420. The van der Waals surface area contributed by atoms with E-state index in [0.29, 0.717) is 18.7 Å². The number of carbonyl (C=O) groups is 1. The SMILES string of the molecule is CN(C)CCC(=O)Nc1cccc(-c2cccc([N+](=O)[O-])c2)c1. The molecular formula is C17H19N3O3. The molecule has 0 radical (unpaired) electrons. The van der Waals surface area contributed by atoms with E-state index >= 15 is 0 Å². The Bertz CT molecular complexity index is 714. The summed E-state index contributed by atoms with van der Waals surface area (Å²) in [6.45, 7) is 0.677. The predicted molar refractivity (Wildman–Crippen MR) is 90.3 cm³/mol. The minimum Gasteiger partial charge on any atom is -0.326 e. The van der Waals surface area contributed by atoms with E-state index in [2.05, 4.69) is 5.32 Å². The van der Waals surface area contributed by atoms with Gasteiger partial charge in [-0.1, -0.05) is 24.3 Å². The molecule has 120 valence electrons. The monoisotopic (exact) mass is 313 g/mol. The van der Waals surface area contributed by atoms with Crippen molar-refractivity contribution in [2.45, 2.75) is 6.42 Å². The Kier molecular flexibility index (Phi) is 5.43. The van der Waals surface area contributed by atoms with Crippen molar-refractivity contribution >= 4 is 17.3 Å². The van der Waals surface area contributed by atoms with Crippen molar-refractivity contribution in [1.29, 1.82) is 0 Å². The summed E-state index contributed by atoms with van der Waals surface area (Å²) in [6, 6.07) is 13.7. The van der Waals surface area contributed by atoms with E-state index in [0.717, 1.165) is 11.1 Å². The average molecular weight is 313 g/mol. The number of nitrogens with one attached hydrogen (secondary N) is 1. The maximum atomic E-state index is 11.9. The largest absolute Gasteiger partial charge is 0.326 e. The van der Waals surface area contributed by atoms with Gasteiger partial charge >= 0.3 is 0 Å². The van der Waals surface area contributed by atoms with Gasteiger partial charge in [-0.2, -0.15) is 0 Å². The third kappa shape index (κ3) is 4.89. The molecule has 0 unspecified atom stereocenters. The van der Waals surface area contributed by atoms with Gasteiger partial charge in [0.1, 0.15) is 0 Å². The zero-order valence-corrected chi connectivity index (χ0v) is 13.2. The maximum Gasteiger partial charge on any atom is 0.270 e. The number of nitro benzene ring substituents is 1. The number of nitro groups is 1. The van der Waals surface area contributed by atoms with E-state index in [1.54, 1.807) is 18.2 Å². The van der Waals surface area contributed by atoms with E-state index in [1.165, 1.54) is 12.1 Å². The molecule has 0 saturated carbocycles. The summed E-state index contributed by atoms with van der Waals surface area (Å²) in [5.41, 5.74) is 2.28. The molecule has 0 saturated heterocycles. The standard InChI is InChI=1S/C17H19N3O3/c1-19(2)10-9-17(21)18-15-7-3-5-13(11-15)14-6-4-8-16(12-14)20(22)23/h3-8,11-12H,9-10H2,1-2H3,(H,18,21). The topological polar surface area (TPSA) is 75.5 Å². The fraction of sp³-hybridized carbons (Fsp3) is 0.235. The first-order chi connectivity index (χ1) is 11.0. The first-order valence-electron chi connectivity index (χ1n) is 7.25. The Morgan fingerprint density at radius 3 is 2.43 bits per heavy atom. The minimum absolute atomic E-state index is 0.0444. The fourth-order valence-corrected chi connectivity index (χ4v) is 2.12. The second kappa shape index (κ2) is 7.51. The lowest BCUT2D eigenvalue weighted by molar-refractivity contribution is -0.384. The lowest BCUT2D eigenvalue weighted by atomic mass is 10.0. The van der Waals surface area contributed by atoms with Crippen LogP contribution in [0, 0.1) is 10.1 Å². The summed E-state index contributed by atoms with van der Waals surface area (Å²) < 4.78 is 0. The summed E-state index contributed by atoms with van der Waals surface area (Å²) in [5, 5.41) is 13.7. The highest BCUT2D eigenvalue weighted by atomic mass is 16.6. The van der Waals surface area contributed by atoms with Crippen molar-refractivity contribution < 1.29 is 9.72 Å². The molecule has 2 aromatic carbocycles. The van der Waals surface area contributed by atoms with Gasteiger partial charge in [-0.25, -0.2) is 0 Å². The second-order valence-corrected chi connectivity index (χ2v) is 5.49. The van der Waals surface area contributed by atoms with Gasteiger partial charge in [-0.15, -0.1) is 0 Å². The summed E-state index contributed by atoms with van der Waals surface area (Å²) in [4.78, 5) is 24.3. The number of rotatable bonds is 6. The number of benzene rings is 2. The first-order valence-corrected chi connectivity index (χ1v) is 7.25. The molecule has 0 aliphatic heterocycles. The molecule has 1 N–H and O–H groups in total. The Morgan fingerprint density at radius 1 is 1.13 bits per heavy atom. The Hall–Kier alpha value is -2.73. The van der Waals surface area contributed by atoms with E-state index < -0.39 is 4.92 Å². The lowest BCUT2D eigenvalue weighted by Gasteiger charge is -2.10. The van der Waals surface area contributed by atoms with Gasteiger partial charge in [0, 0.05) is 30.8 Å². The van der Waals surface area contributed by atoms with Crippen LogP contribution in [0.25, 0.3) is 11.1 Å². The predicted octanol–water partition coefficient (Wildman–Crippen LogP) is 3.15. The van der Waals surface area contributed by atoms with Gasteiger partial charge in [-0.3, -0.25) is 14.9 Å². The summed E-state index contributed by atoms with van der Waals surface area (Å²) >= 11 is 0. The van der Waals surface area contributed by atoms with Crippen LogP contribution in [0.15, 0.2) is 48.5 Å². The van der Waals surface area contributed by atoms with Crippen molar-refractivity contribution in [1.82, 2.24) is 4.90 Å². The van der Waals surface area contributed by atoms with Gasteiger partial charge < -0.3 is 10.2 Å². The van der Waals surface area contributed by atoms with Gasteiger partial charge in [0.2, 0.25) is 5.91 Å². The zero-order chi connectivity index (χ0) is 16.8. The third-order valence-electron chi connectivity index (χ3n) is 3.32. The third-order valence-corrected chi connectivity index (χ3v) is 3.32. The van der Waals surface area contributed by atoms with Crippen LogP contribution in [0.2, 0.25) is 0 Å². The van der Waals surface area contributed by atoms with Crippen LogP contribution in [0.5, 0.6) is 0 Å². The van der Waals surface area contributed by atoms with Crippen molar-refractivity contribution in [2.75, 3.05) is 26.0 Å². The van der Waals surface area contributed by atoms with E-state index in [4.69, 9.17) is 0 Å². The number of non-ortho nitro benzene ring substituents is 1. The average Bonchev–Trinajstić information content (AvgIpc) is 2.53. The van der Waals surface area contributed by atoms with Crippen LogP contribution in [-0.4, -0.2) is 36.4 Å². The highest BCUT2D eigenvalue weighted by Gasteiger charge is 2.08. The molecule has 23 heavy (non-hydrogen) atoms. The molecule has 6 nitrogen and oxygen atoms in total. The molecule has 0 spiro atoms. The molecule has 2 aromatic rings. The van der Waals surface area contributed by atoms with Crippen LogP contribution in [0.4, 0.5) is 11.4 Å². The molecule has 0 aliphatic rings.